The number of hydrogen-bond donors (Lipinski definition) is 0. The fraction of sp³-hybridized carbons (Fsp3) is 0.643. The van der Waals surface area contributed by atoms with Crippen molar-refractivity contribution in [3.63, 3.8) is 0 Å². The summed E-state index contributed by atoms with van der Waals surface area (Å²) >= 11 is 0. The Morgan fingerprint density at radius 2 is 1.82 bits per heavy atom. The molecule has 0 aliphatic carbocycles. The number of furan rings is 1. The van der Waals surface area contributed by atoms with Crippen LogP contribution in [-0.2, 0) is 6.54 Å². The number of unbranched alkanes of at least 4 members (excludes halogenated alkanes) is 2. The van der Waals surface area contributed by atoms with Crippen LogP contribution in [0.4, 0.5) is 0 Å². The maximum absolute atomic E-state index is 10.5. The van der Waals surface area contributed by atoms with E-state index < -0.39 is 0 Å². The van der Waals surface area contributed by atoms with Crippen molar-refractivity contribution in [1.82, 2.24) is 4.90 Å². The predicted octanol–water partition coefficient (Wildman–Crippen LogP) is 3.49. The molecule has 0 aliphatic rings. The van der Waals surface area contributed by atoms with Gasteiger partial charge in [0, 0.05) is 0 Å². The molecule has 96 valence electrons. The Morgan fingerprint density at radius 3 is 2.29 bits per heavy atom. The van der Waals surface area contributed by atoms with Gasteiger partial charge in [0.15, 0.2) is 12.0 Å². The van der Waals surface area contributed by atoms with Crippen molar-refractivity contribution >= 4 is 6.29 Å². The third kappa shape index (κ3) is 5.18. The molecule has 0 amide bonds. The molecule has 3 heteroatoms. The number of rotatable bonds is 9. The summed E-state index contributed by atoms with van der Waals surface area (Å²) in [6, 6.07) is 3.63. The molecule has 1 aromatic heterocycles. The quantitative estimate of drug-likeness (QED) is 0.616. The van der Waals surface area contributed by atoms with Crippen LogP contribution in [0.25, 0.3) is 0 Å². The first-order valence-corrected chi connectivity index (χ1v) is 6.56. The topological polar surface area (TPSA) is 33.5 Å². The maximum Gasteiger partial charge on any atom is 0.185 e. The van der Waals surface area contributed by atoms with Crippen molar-refractivity contribution in [3.8, 4) is 0 Å². The van der Waals surface area contributed by atoms with Crippen molar-refractivity contribution in [1.29, 1.82) is 0 Å². The van der Waals surface area contributed by atoms with Crippen LogP contribution in [0.15, 0.2) is 16.5 Å². The Morgan fingerprint density at radius 1 is 1.18 bits per heavy atom. The first-order chi connectivity index (χ1) is 8.30. The molecule has 0 bridgehead atoms. The van der Waals surface area contributed by atoms with Gasteiger partial charge in [-0.2, -0.15) is 0 Å². The number of hydrogen-bond acceptors (Lipinski definition) is 3. The van der Waals surface area contributed by atoms with Crippen molar-refractivity contribution in [2.24, 2.45) is 0 Å². The lowest BCUT2D eigenvalue weighted by molar-refractivity contribution is 0.109. The average molecular weight is 237 g/mol. The first-order valence-electron chi connectivity index (χ1n) is 6.56. The second-order valence-corrected chi connectivity index (χ2v) is 4.41. The van der Waals surface area contributed by atoms with Crippen LogP contribution in [-0.4, -0.2) is 24.3 Å². The van der Waals surface area contributed by atoms with Gasteiger partial charge in [-0.15, -0.1) is 0 Å². The van der Waals surface area contributed by atoms with Crippen molar-refractivity contribution in [2.45, 2.75) is 46.1 Å². The van der Waals surface area contributed by atoms with Gasteiger partial charge in [0.1, 0.15) is 5.76 Å². The summed E-state index contributed by atoms with van der Waals surface area (Å²) in [5.74, 6) is 1.31. The molecule has 17 heavy (non-hydrogen) atoms. The lowest BCUT2D eigenvalue weighted by atomic mass is 10.2. The van der Waals surface area contributed by atoms with E-state index in [1.54, 1.807) is 6.07 Å². The smallest absolute Gasteiger partial charge is 0.185 e. The lowest BCUT2D eigenvalue weighted by Gasteiger charge is -2.20. The Balaban J connectivity index is 2.48. The van der Waals surface area contributed by atoms with Gasteiger partial charge in [0.05, 0.1) is 6.54 Å². The molecule has 0 aromatic carbocycles. The SMILES string of the molecule is CCCCN(CCCC)Cc1ccc(C=O)o1. The zero-order valence-electron chi connectivity index (χ0n) is 10.9. The van der Waals surface area contributed by atoms with E-state index in [0.29, 0.717) is 5.76 Å². The van der Waals surface area contributed by atoms with Crippen LogP contribution < -0.4 is 0 Å². The minimum absolute atomic E-state index is 0.422. The lowest BCUT2D eigenvalue weighted by Crippen LogP contribution is -2.25. The molecule has 1 rings (SSSR count). The molecule has 3 nitrogen and oxygen atoms in total. The van der Waals surface area contributed by atoms with E-state index in [4.69, 9.17) is 4.42 Å². The summed E-state index contributed by atoms with van der Waals surface area (Å²) < 4.78 is 5.41. The second kappa shape index (κ2) is 8.07. The van der Waals surface area contributed by atoms with Gasteiger partial charge in [-0.05, 0) is 38.1 Å². The van der Waals surface area contributed by atoms with Crippen LogP contribution in [0.1, 0.15) is 55.8 Å². The molecule has 1 aromatic rings. The van der Waals surface area contributed by atoms with E-state index >= 15 is 0 Å². The molecule has 0 radical (unpaired) electrons. The van der Waals surface area contributed by atoms with Crippen molar-refractivity contribution < 1.29 is 9.21 Å². The van der Waals surface area contributed by atoms with Crippen LogP contribution in [0.3, 0.4) is 0 Å². The van der Waals surface area contributed by atoms with E-state index in [1.165, 1.54) is 25.7 Å². The molecule has 0 atom stereocenters. The van der Waals surface area contributed by atoms with Crippen LogP contribution in [0, 0.1) is 0 Å². The summed E-state index contributed by atoms with van der Waals surface area (Å²) in [4.78, 5) is 12.9. The van der Waals surface area contributed by atoms with Gasteiger partial charge in [-0.3, -0.25) is 9.69 Å². The number of carbonyl (C=O) groups is 1. The highest BCUT2D eigenvalue weighted by Gasteiger charge is 2.08. The number of carbonyl (C=O) groups excluding carboxylic acids is 1. The highest BCUT2D eigenvalue weighted by molar-refractivity contribution is 5.70. The fourth-order valence-electron chi connectivity index (χ4n) is 1.80. The third-order valence-corrected chi connectivity index (χ3v) is 2.83. The van der Waals surface area contributed by atoms with Gasteiger partial charge in [0.25, 0.3) is 0 Å². The summed E-state index contributed by atoms with van der Waals surface area (Å²) in [6.07, 6.45) is 5.60. The third-order valence-electron chi connectivity index (χ3n) is 2.83. The van der Waals surface area contributed by atoms with Crippen LogP contribution in [0.2, 0.25) is 0 Å². The number of aldehydes is 1. The largest absolute Gasteiger partial charge is 0.457 e. The Hall–Kier alpha value is -1.09. The summed E-state index contributed by atoms with van der Waals surface area (Å²) in [5.41, 5.74) is 0. The molecule has 1 heterocycles. The first kappa shape index (κ1) is 14.0. The predicted molar refractivity (Wildman–Crippen MR) is 69.2 cm³/mol. The Labute approximate surface area is 104 Å². The van der Waals surface area contributed by atoms with Gasteiger partial charge in [-0.1, -0.05) is 26.7 Å². The Bertz CT molecular complexity index is 312. The minimum Gasteiger partial charge on any atom is -0.457 e. The van der Waals surface area contributed by atoms with E-state index in [1.807, 2.05) is 6.07 Å². The zero-order chi connectivity index (χ0) is 12.5. The van der Waals surface area contributed by atoms with Gasteiger partial charge in [-0.25, -0.2) is 0 Å². The maximum atomic E-state index is 10.5. The van der Waals surface area contributed by atoms with E-state index in [-0.39, 0.29) is 0 Å². The molecule has 0 fully saturated rings. The fourth-order valence-corrected chi connectivity index (χ4v) is 1.80. The monoisotopic (exact) mass is 237 g/mol. The van der Waals surface area contributed by atoms with E-state index in [9.17, 15) is 4.79 Å². The second-order valence-electron chi connectivity index (χ2n) is 4.41. The van der Waals surface area contributed by atoms with Crippen molar-refractivity contribution in [3.05, 3.63) is 23.7 Å². The molecule has 0 saturated heterocycles. The zero-order valence-corrected chi connectivity index (χ0v) is 10.9. The van der Waals surface area contributed by atoms with E-state index in [2.05, 4.69) is 18.7 Å². The van der Waals surface area contributed by atoms with Gasteiger partial charge in [0.2, 0.25) is 0 Å². The normalized spacial score (nSPS) is 11.0. The van der Waals surface area contributed by atoms with Crippen molar-refractivity contribution in [2.75, 3.05) is 13.1 Å². The summed E-state index contributed by atoms with van der Waals surface area (Å²) in [6.45, 7) is 7.43. The summed E-state index contributed by atoms with van der Waals surface area (Å²) in [5, 5.41) is 0. The van der Waals surface area contributed by atoms with E-state index in [0.717, 1.165) is 31.7 Å². The summed E-state index contributed by atoms with van der Waals surface area (Å²) in [7, 11) is 0. The standard InChI is InChI=1S/C14H23NO2/c1-3-5-9-15(10-6-4-2)11-13-7-8-14(12-16)17-13/h7-8,12H,3-6,9-11H2,1-2H3. The van der Waals surface area contributed by atoms with Gasteiger partial charge >= 0.3 is 0 Å². The molecular formula is C14H23NO2. The minimum atomic E-state index is 0.422. The molecule has 0 aliphatic heterocycles. The molecule has 0 unspecified atom stereocenters. The van der Waals surface area contributed by atoms with Crippen LogP contribution >= 0.6 is 0 Å². The highest BCUT2D eigenvalue weighted by Crippen LogP contribution is 2.10. The molecule has 0 spiro atoms. The average Bonchev–Trinajstić information content (AvgIpc) is 2.80. The van der Waals surface area contributed by atoms with Gasteiger partial charge < -0.3 is 4.42 Å². The highest BCUT2D eigenvalue weighted by atomic mass is 16.3. The molecule has 0 saturated carbocycles. The Kier molecular flexibility index (Phi) is 6.63. The van der Waals surface area contributed by atoms with Crippen LogP contribution in [0.5, 0.6) is 0 Å². The molecule has 0 N–H and O–H groups in total. The number of nitrogens with zero attached hydrogens (tertiary/aromatic N) is 1. The molecular weight excluding hydrogens is 214 g/mol.